The van der Waals surface area contributed by atoms with Crippen LogP contribution in [0.2, 0.25) is 10.0 Å². The Labute approximate surface area is 197 Å². The van der Waals surface area contributed by atoms with Gasteiger partial charge in [0.1, 0.15) is 0 Å². The van der Waals surface area contributed by atoms with E-state index >= 15 is 0 Å². The molecule has 0 bridgehead atoms. The van der Waals surface area contributed by atoms with E-state index in [-0.39, 0.29) is 5.91 Å². The van der Waals surface area contributed by atoms with E-state index in [1.807, 2.05) is 47.8 Å². The number of anilines is 1. The van der Waals surface area contributed by atoms with Crippen LogP contribution in [0.1, 0.15) is 5.56 Å². The number of hydrogen-bond donors (Lipinski definition) is 0. The molecule has 1 aliphatic rings. The molecule has 0 fully saturated rings. The summed E-state index contributed by atoms with van der Waals surface area (Å²) in [5, 5.41) is 7.69. The predicted octanol–water partition coefficient (Wildman–Crippen LogP) is 5.38. The second kappa shape index (κ2) is 8.35. The maximum absolute atomic E-state index is 13.0. The summed E-state index contributed by atoms with van der Waals surface area (Å²) in [6, 6.07) is 16.5. The molecule has 32 heavy (non-hydrogen) atoms. The molecule has 1 aliphatic heterocycles. The SMILES string of the molecule is CN1C(=O)C(=Nn2c(-c3ccc(Cl)cc3Cl)csc2=Nc2cccnc2)c2ccccc21. The Hall–Kier alpha value is -3.26. The highest BCUT2D eigenvalue weighted by atomic mass is 35.5. The molecule has 0 aliphatic carbocycles. The highest BCUT2D eigenvalue weighted by molar-refractivity contribution is 7.07. The van der Waals surface area contributed by atoms with Crippen molar-refractivity contribution in [1.82, 2.24) is 9.66 Å². The summed E-state index contributed by atoms with van der Waals surface area (Å²) in [6.45, 7) is 0. The van der Waals surface area contributed by atoms with E-state index in [0.29, 0.717) is 31.9 Å². The van der Waals surface area contributed by atoms with Crippen LogP contribution in [-0.4, -0.2) is 28.3 Å². The number of halogens is 2. The summed E-state index contributed by atoms with van der Waals surface area (Å²) >= 11 is 14.0. The summed E-state index contributed by atoms with van der Waals surface area (Å²) in [6.07, 6.45) is 3.35. The molecule has 0 saturated carbocycles. The van der Waals surface area contributed by atoms with Crippen LogP contribution in [0.5, 0.6) is 0 Å². The zero-order valence-corrected chi connectivity index (χ0v) is 19.1. The number of benzene rings is 2. The van der Waals surface area contributed by atoms with Crippen LogP contribution in [0.4, 0.5) is 11.4 Å². The van der Waals surface area contributed by atoms with Crippen molar-refractivity contribution in [3.63, 3.8) is 0 Å². The van der Waals surface area contributed by atoms with Crippen molar-refractivity contribution in [3.05, 3.63) is 92.8 Å². The van der Waals surface area contributed by atoms with Crippen molar-refractivity contribution in [3.8, 4) is 11.3 Å². The molecule has 0 saturated heterocycles. The summed E-state index contributed by atoms with van der Waals surface area (Å²) < 4.78 is 1.65. The largest absolute Gasteiger partial charge is 0.309 e. The number of rotatable bonds is 3. The summed E-state index contributed by atoms with van der Waals surface area (Å²) in [5.41, 5.74) is 4.01. The van der Waals surface area contributed by atoms with Crippen molar-refractivity contribution >= 4 is 57.5 Å². The van der Waals surface area contributed by atoms with Crippen LogP contribution in [-0.2, 0) is 4.79 Å². The third kappa shape index (κ3) is 3.64. The average molecular weight is 480 g/mol. The Balaban J connectivity index is 1.77. The molecule has 9 heteroatoms. The van der Waals surface area contributed by atoms with E-state index in [2.05, 4.69) is 4.98 Å². The Morgan fingerprint density at radius 1 is 1.03 bits per heavy atom. The second-order valence-electron chi connectivity index (χ2n) is 6.99. The highest BCUT2D eigenvalue weighted by Crippen LogP contribution is 2.32. The van der Waals surface area contributed by atoms with Gasteiger partial charge in [-0.2, -0.15) is 5.10 Å². The number of aromatic nitrogens is 2. The van der Waals surface area contributed by atoms with E-state index in [0.717, 1.165) is 16.8 Å². The molecule has 4 aromatic rings. The van der Waals surface area contributed by atoms with E-state index in [9.17, 15) is 4.79 Å². The molecule has 0 unspecified atom stereocenters. The number of carbonyl (C=O) groups is 1. The number of nitrogens with zero attached hydrogens (tertiary/aromatic N) is 5. The lowest BCUT2D eigenvalue weighted by Crippen LogP contribution is -2.27. The number of fused-ring (bicyclic) bond motifs is 1. The number of hydrogen-bond acceptors (Lipinski definition) is 5. The Morgan fingerprint density at radius 3 is 2.66 bits per heavy atom. The standard InChI is InChI=1S/C23H15Cl2N5OS/c1-29-19-7-3-2-6-17(19)21(22(29)31)28-30-20(16-9-8-14(24)11-18(16)25)13-32-23(30)27-15-5-4-10-26-12-15/h2-13H,1H3. The molecule has 5 rings (SSSR count). The first-order valence-electron chi connectivity index (χ1n) is 9.60. The van der Waals surface area contributed by atoms with Crippen molar-refractivity contribution < 1.29 is 4.79 Å². The maximum atomic E-state index is 13.0. The van der Waals surface area contributed by atoms with Gasteiger partial charge in [-0.25, -0.2) is 9.67 Å². The van der Waals surface area contributed by atoms with E-state index in [1.54, 1.807) is 41.2 Å². The molecule has 2 aromatic carbocycles. The van der Waals surface area contributed by atoms with Crippen molar-refractivity contribution in [2.45, 2.75) is 0 Å². The van der Waals surface area contributed by atoms with Gasteiger partial charge >= 0.3 is 0 Å². The summed E-state index contributed by atoms with van der Waals surface area (Å²) in [4.78, 5) is 24.0. The minimum Gasteiger partial charge on any atom is -0.309 e. The lowest BCUT2D eigenvalue weighted by Gasteiger charge is -2.08. The molecule has 1 amide bonds. The number of likely N-dealkylation sites (N-methyl/N-ethyl adjacent to an activating group) is 1. The third-order valence-corrected chi connectivity index (χ3v) is 6.35. The minimum absolute atomic E-state index is 0.189. The first-order chi connectivity index (χ1) is 15.5. The first kappa shape index (κ1) is 20.6. The smallest absolute Gasteiger partial charge is 0.279 e. The van der Waals surface area contributed by atoms with Gasteiger partial charge in [-0.3, -0.25) is 9.78 Å². The summed E-state index contributed by atoms with van der Waals surface area (Å²) in [7, 11) is 1.74. The van der Waals surface area contributed by atoms with Gasteiger partial charge in [0.15, 0.2) is 5.71 Å². The predicted molar refractivity (Wildman–Crippen MR) is 129 cm³/mol. The zero-order valence-electron chi connectivity index (χ0n) is 16.7. The molecule has 0 N–H and O–H groups in total. The molecule has 0 radical (unpaired) electrons. The van der Waals surface area contributed by atoms with E-state index in [4.69, 9.17) is 33.3 Å². The molecule has 6 nitrogen and oxygen atoms in total. The fourth-order valence-corrected chi connectivity index (χ4v) is 4.78. The van der Waals surface area contributed by atoms with Crippen LogP contribution >= 0.6 is 34.5 Å². The lowest BCUT2D eigenvalue weighted by atomic mass is 10.1. The number of thiazole rings is 1. The van der Waals surface area contributed by atoms with Crippen LogP contribution in [0.25, 0.3) is 11.3 Å². The zero-order chi connectivity index (χ0) is 22.2. The normalized spacial score (nSPS) is 15.0. The number of amides is 1. The molecule has 0 atom stereocenters. The number of para-hydroxylation sites is 1. The molecular formula is C23H15Cl2N5OS. The van der Waals surface area contributed by atoms with Gasteiger partial charge in [0.25, 0.3) is 5.91 Å². The van der Waals surface area contributed by atoms with Gasteiger partial charge in [0, 0.05) is 34.8 Å². The van der Waals surface area contributed by atoms with Gasteiger partial charge in [0.05, 0.1) is 28.3 Å². The van der Waals surface area contributed by atoms with Crippen LogP contribution in [0, 0.1) is 0 Å². The Bertz CT molecular complexity index is 1440. The van der Waals surface area contributed by atoms with Crippen LogP contribution < -0.4 is 9.70 Å². The van der Waals surface area contributed by atoms with Crippen LogP contribution in [0.3, 0.4) is 0 Å². The quantitative estimate of drug-likeness (QED) is 0.395. The molecule has 3 heterocycles. The number of pyridine rings is 1. The van der Waals surface area contributed by atoms with Gasteiger partial charge in [0.2, 0.25) is 4.80 Å². The lowest BCUT2D eigenvalue weighted by molar-refractivity contribution is -0.112. The summed E-state index contributed by atoms with van der Waals surface area (Å²) in [5.74, 6) is -0.189. The molecular weight excluding hydrogens is 465 g/mol. The van der Waals surface area contributed by atoms with Crippen LogP contribution in [0.15, 0.2) is 82.5 Å². The second-order valence-corrected chi connectivity index (χ2v) is 8.67. The third-order valence-electron chi connectivity index (χ3n) is 4.99. The number of carbonyl (C=O) groups excluding carboxylic acids is 1. The van der Waals surface area contributed by atoms with E-state index < -0.39 is 0 Å². The Kier molecular flexibility index (Phi) is 5.38. The van der Waals surface area contributed by atoms with E-state index in [1.165, 1.54) is 11.3 Å². The van der Waals surface area contributed by atoms with Crippen molar-refractivity contribution in [2.75, 3.05) is 11.9 Å². The fraction of sp³-hybridized carbons (Fsp3) is 0.0435. The molecule has 2 aromatic heterocycles. The van der Waals surface area contributed by atoms with Gasteiger partial charge in [-0.1, -0.05) is 41.4 Å². The monoisotopic (exact) mass is 479 g/mol. The highest BCUT2D eigenvalue weighted by Gasteiger charge is 2.31. The minimum atomic E-state index is -0.189. The maximum Gasteiger partial charge on any atom is 0.279 e. The van der Waals surface area contributed by atoms with Crippen molar-refractivity contribution in [2.24, 2.45) is 10.1 Å². The first-order valence-corrected chi connectivity index (χ1v) is 11.2. The fourth-order valence-electron chi connectivity index (χ4n) is 3.43. The Morgan fingerprint density at radius 2 is 1.88 bits per heavy atom. The van der Waals surface area contributed by atoms with Gasteiger partial charge in [-0.05, 0) is 36.4 Å². The topological polar surface area (TPSA) is 62.9 Å². The van der Waals surface area contributed by atoms with Gasteiger partial charge < -0.3 is 4.90 Å². The van der Waals surface area contributed by atoms with Gasteiger partial charge in [-0.15, -0.1) is 11.3 Å². The average Bonchev–Trinajstić information content (AvgIpc) is 3.29. The molecule has 158 valence electrons. The molecule has 0 spiro atoms. The van der Waals surface area contributed by atoms with Crippen molar-refractivity contribution in [1.29, 1.82) is 0 Å².